The summed E-state index contributed by atoms with van der Waals surface area (Å²) in [5.41, 5.74) is 0.566. The molecule has 0 spiro atoms. The number of rotatable bonds is 2. The zero-order chi connectivity index (χ0) is 12.6. The van der Waals surface area contributed by atoms with Gasteiger partial charge < -0.3 is 5.11 Å². The van der Waals surface area contributed by atoms with Crippen molar-refractivity contribution in [2.75, 3.05) is 0 Å². The Kier molecular flexibility index (Phi) is 2.75. The zero-order valence-corrected chi connectivity index (χ0v) is 9.00. The van der Waals surface area contributed by atoms with Gasteiger partial charge in [0.25, 0.3) is 0 Å². The van der Waals surface area contributed by atoms with Crippen molar-refractivity contribution in [2.45, 2.75) is 13.3 Å². The minimum absolute atomic E-state index is 0.0574. The van der Waals surface area contributed by atoms with Crippen LogP contribution in [0.3, 0.4) is 0 Å². The fraction of sp³-hybridized carbons (Fsp3) is 0.167. The topological polar surface area (TPSA) is 50.2 Å². The van der Waals surface area contributed by atoms with Crippen molar-refractivity contribution in [1.29, 1.82) is 0 Å². The van der Waals surface area contributed by atoms with Crippen molar-refractivity contribution in [1.82, 2.24) is 4.98 Å². The average Bonchev–Trinajstić information content (AvgIpc) is 2.22. The lowest BCUT2D eigenvalue weighted by molar-refractivity contribution is -0.136. The molecule has 0 saturated heterocycles. The number of carbonyl (C=O) groups is 1. The summed E-state index contributed by atoms with van der Waals surface area (Å²) in [5.74, 6) is -2.41. The number of hydrogen-bond acceptors (Lipinski definition) is 2. The van der Waals surface area contributed by atoms with E-state index < -0.39 is 17.6 Å². The van der Waals surface area contributed by atoms with Crippen LogP contribution in [0.25, 0.3) is 10.9 Å². The lowest BCUT2D eigenvalue weighted by Gasteiger charge is -2.07. The number of aliphatic carboxylic acids is 1. The maximum atomic E-state index is 13.6. The Morgan fingerprint density at radius 2 is 2.00 bits per heavy atom. The molecule has 0 bridgehead atoms. The van der Waals surface area contributed by atoms with Crippen LogP contribution >= 0.6 is 0 Å². The monoisotopic (exact) mass is 237 g/mol. The summed E-state index contributed by atoms with van der Waals surface area (Å²) in [6, 6.07) is 3.41. The van der Waals surface area contributed by atoms with Gasteiger partial charge in [0.15, 0.2) is 0 Å². The predicted molar refractivity (Wildman–Crippen MR) is 57.7 cm³/mol. The standard InChI is InChI=1S/C12H9F2NO2/c1-6-4-7(5-10(16)17)11-8(13)2-3-9(14)12(11)15-6/h2-4H,5H2,1H3,(H,16,17). The molecular formula is C12H9F2NO2. The lowest BCUT2D eigenvalue weighted by atomic mass is 10.0. The van der Waals surface area contributed by atoms with E-state index in [4.69, 9.17) is 5.11 Å². The highest BCUT2D eigenvalue weighted by atomic mass is 19.1. The van der Waals surface area contributed by atoms with Crippen molar-refractivity contribution in [3.63, 3.8) is 0 Å². The van der Waals surface area contributed by atoms with Crippen molar-refractivity contribution in [3.8, 4) is 0 Å². The van der Waals surface area contributed by atoms with Gasteiger partial charge in [-0.25, -0.2) is 13.8 Å². The van der Waals surface area contributed by atoms with Gasteiger partial charge in [-0.3, -0.25) is 4.79 Å². The number of nitrogens with zero attached hydrogens (tertiary/aromatic N) is 1. The van der Waals surface area contributed by atoms with Crippen molar-refractivity contribution in [3.05, 3.63) is 41.1 Å². The summed E-state index contributed by atoms with van der Waals surface area (Å²) in [5, 5.41) is 8.68. The summed E-state index contributed by atoms with van der Waals surface area (Å²) in [4.78, 5) is 14.6. The SMILES string of the molecule is Cc1cc(CC(=O)O)c2c(F)ccc(F)c2n1. The van der Waals surface area contributed by atoms with E-state index in [0.717, 1.165) is 12.1 Å². The molecule has 0 saturated carbocycles. The van der Waals surface area contributed by atoms with Gasteiger partial charge in [-0.05, 0) is 30.7 Å². The van der Waals surface area contributed by atoms with Gasteiger partial charge in [0, 0.05) is 11.1 Å². The highest BCUT2D eigenvalue weighted by molar-refractivity contribution is 5.87. The van der Waals surface area contributed by atoms with Crippen LogP contribution in [0.1, 0.15) is 11.3 Å². The third-order valence-electron chi connectivity index (χ3n) is 2.41. The van der Waals surface area contributed by atoms with E-state index in [-0.39, 0.29) is 22.9 Å². The summed E-state index contributed by atoms with van der Waals surface area (Å²) in [6.07, 6.45) is -0.361. The van der Waals surface area contributed by atoms with Crippen LogP contribution < -0.4 is 0 Å². The molecule has 88 valence electrons. The molecule has 0 aliphatic carbocycles. The molecule has 2 rings (SSSR count). The largest absolute Gasteiger partial charge is 0.481 e. The fourth-order valence-corrected chi connectivity index (χ4v) is 1.79. The van der Waals surface area contributed by atoms with Crippen molar-refractivity contribution >= 4 is 16.9 Å². The Bertz CT molecular complexity index is 611. The average molecular weight is 237 g/mol. The van der Waals surface area contributed by atoms with Crippen LogP contribution in [0.15, 0.2) is 18.2 Å². The molecule has 3 nitrogen and oxygen atoms in total. The number of aryl methyl sites for hydroxylation is 1. The number of carboxylic acids is 1. The highest BCUT2D eigenvalue weighted by Gasteiger charge is 2.14. The Balaban J connectivity index is 2.82. The Hall–Kier alpha value is -2.04. The number of carboxylic acid groups (broad SMARTS) is 1. The maximum Gasteiger partial charge on any atom is 0.307 e. The van der Waals surface area contributed by atoms with Gasteiger partial charge in [0.1, 0.15) is 17.2 Å². The molecule has 2 aromatic rings. The first kappa shape index (κ1) is 11.4. The first-order chi connectivity index (χ1) is 7.99. The molecule has 1 N–H and O–H groups in total. The Morgan fingerprint density at radius 3 is 2.65 bits per heavy atom. The minimum Gasteiger partial charge on any atom is -0.481 e. The van der Waals surface area contributed by atoms with E-state index in [1.807, 2.05) is 0 Å². The molecule has 17 heavy (non-hydrogen) atoms. The van der Waals surface area contributed by atoms with Gasteiger partial charge in [-0.2, -0.15) is 0 Å². The first-order valence-corrected chi connectivity index (χ1v) is 4.95. The van der Waals surface area contributed by atoms with Crippen LogP contribution in [0.5, 0.6) is 0 Å². The number of halogens is 2. The molecule has 1 heterocycles. The molecule has 0 aliphatic heterocycles. The first-order valence-electron chi connectivity index (χ1n) is 4.95. The molecule has 0 unspecified atom stereocenters. The number of hydrogen-bond donors (Lipinski definition) is 1. The normalized spacial score (nSPS) is 10.8. The molecule has 0 atom stereocenters. The number of benzene rings is 1. The van der Waals surface area contributed by atoms with Crippen molar-refractivity contribution in [2.24, 2.45) is 0 Å². The van der Waals surface area contributed by atoms with Crippen LogP contribution in [-0.4, -0.2) is 16.1 Å². The van der Waals surface area contributed by atoms with E-state index in [2.05, 4.69) is 4.98 Å². The van der Waals surface area contributed by atoms with Crippen LogP contribution in [0, 0.1) is 18.6 Å². The van der Waals surface area contributed by atoms with Gasteiger partial charge in [-0.15, -0.1) is 0 Å². The summed E-state index contributed by atoms with van der Waals surface area (Å²) in [7, 11) is 0. The second-order valence-electron chi connectivity index (χ2n) is 3.75. The second kappa shape index (κ2) is 4.08. The molecular weight excluding hydrogens is 228 g/mol. The fourth-order valence-electron chi connectivity index (χ4n) is 1.79. The Morgan fingerprint density at radius 1 is 1.35 bits per heavy atom. The number of fused-ring (bicyclic) bond motifs is 1. The summed E-state index contributed by atoms with van der Waals surface area (Å²) < 4.78 is 27.1. The lowest BCUT2D eigenvalue weighted by Crippen LogP contribution is -2.04. The molecule has 0 radical (unpaired) electrons. The van der Waals surface area contributed by atoms with Gasteiger partial charge in [0.05, 0.1) is 6.42 Å². The summed E-state index contributed by atoms with van der Waals surface area (Å²) >= 11 is 0. The van der Waals surface area contributed by atoms with Crippen molar-refractivity contribution < 1.29 is 18.7 Å². The van der Waals surface area contributed by atoms with Crippen LogP contribution in [0.2, 0.25) is 0 Å². The number of aromatic nitrogens is 1. The maximum absolute atomic E-state index is 13.6. The molecule has 0 aliphatic rings. The smallest absolute Gasteiger partial charge is 0.307 e. The Labute approximate surface area is 95.7 Å². The van der Waals surface area contributed by atoms with Gasteiger partial charge in [0.2, 0.25) is 0 Å². The predicted octanol–water partition coefficient (Wildman–Crippen LogP) is 2.45. The molecule has 1 aromatic heterocycles. The quantitative estimate of drug-likeness (QED) is 0.872. The van der Waals surface area contributed by atoms with Gasteiger partial charge in [-0.1, -0.05) is 0 Å². The summed E-state index contributed by atoms with van der Waals surface area (Å²) in [6.45, 7) is 1.61. The minimum atomic E-state index is -1.10. The molecule has 5 heteroatoms. The van der Waals surface area contributed by atoms with E-state index >= 15 is 0 Å². The zero-order valence-electron chi connectivity index (χ0n) is 9.00. The molecule has 0 amide bonds. The van der Waals surface area contributed by atoms with E-state index in [1.165, 1.54) is 6.07 Å². The third kappa shape index (κ3) is 2.08. The van der Waals surface area contributed by atoms with E-state index in [9.17, 15) is 13.6 Å². The van der Waals surface area contributed by atoms with E-state index in [1.54, 1.807) is 6.92 Å². The second-order valence-corrected chi connectivity index (χ2v) is 3.75. The number of pyridine rings is 1. The van der Waals surface area contributed by atoms with Crippen LogP contribution in [-0.2, 0) is 11.2 Å². The van der Waals surface area contributed by atoms with Gasteiger partial charge >= 0.3 is 5.97 Å². The highest BCUT2D eigenvalue weighted by Crippen LogP contribution is 2.24. The molecule has 0 fully saturated rings. The molecule has 1 aromatic carbocycles. The van der Waals surface area contributed by atoms with E-state index in [0.29, 0.717) is 5.69 Å². The third-order valence-corrected chi connectivity index (χ3v) is 2.41. The van der Waals surface area contributed by atoms with Crippen LogP contribution in [0.4, 0.5) is 8.78 Å².